The van der Waals surface area contributed by atoms with Crippen LogP contribution in [-0.4, -0.2) is 52.2 Å². The first-order valence-corrected chi connectivity index (χ1v) is 9.28. The second-order valence-corrected chi connectivity index (χ2v) is 7.14. The lowest BCUT2D eigenvalue weighted by Gasteiger charge is -2.34. The van der Waals surface area contributed by atoms with Crippen LogP contribution in [0.1, 0.15) is 5.56 Å². The first kappa shape index (κ1) is 18.0. The highest BCUT2D eigenvalue weighted by atomic mass is 35.5. The molecule has 1 saturated heterocycles. The normalized spacial score (nSPS) is 15.3. The van der Waals surface area contributed by atoms with Gasteiger partial charge in [0.1, 0.15) is 0 Å². The van der Waals surface area contributed by atoms with E-state index in [1.807, 2.05) is 18.2 Å². The molecule has 0 atom stereocenters. The number of anilines is 1. The Morgan fingerprint density at radius 3 is 2.74 bits per heavy atom. The van der Waals surface area contributed by atoms with Gasteiger partial charge in [-0.05, 0) is 29.8 Å². The molecule has 1 fully saturated rings. The summed E-state index contributed by atoms with van der Waals surface area (Å²) in [6.45, 7) is 3.57. The molecule has 0 unspecified atom stereocenters. The summed E-state index contributed by atoms with van der Waals surface area (Å²) in [4.78, 5) is 20.6. The molecule has 4 rings (SSSR count). The molecule has 1 N–H and O–H groups in total. The molecule has 0 bridgehead atoms. The molecule has 0 radical (unpaired) electrons. The van der Waals surface area contributed by atoms with E-state index in [1.165, 1.54) is 0 Å². The van der Waals surface area contributed by atoms with Crippen molar-refractivity contribution >= 4 is 46.2 Å². The summed E-state index contributed by atoms with van der Waals surface area (Å²) >= 11 is 12.0. The van der Waals surface area contributed by atoms with Crippen molar-refractivity contribution in [1.29, 1.82) is 0 Å². The van der Waals surface area contributed by atoms with E-state index in [2.05, 4.69) is 20.4 Å². The summed E-state index contributed by atoms with van der Waals surface area (Å²) in [5.41, 5.74) is 1.50. The zero-order valence-electron chi connectivity index (χ0n) is 14.4. The van der Waals surface area contributed by atoms with Gasteiger partial charge in [-0.3, -0.25) is 10.2 Å². The van der Waals surface area contributed by atoms with E-state index >= 15 is 0 Å². The third kappa shape index (κ3) is 4.00. The molecular weight excluding hydrogens is 389 g/mol. The number of urea groups is 1. The van der Waals surface area contributed by atoms with Crippen LogP contribution < -0.4 is 5.32 Å². The number of pyridine rings is 1. The van der Waals surface area contributed by atoms with Crippen LogP contribution in [0.25, 0.3) is 11.1 Å². The van der Waals surface area contributed by atoms with Crippen molar-refractivity contribution in [3.05, 3.63) is 52.1 Å². The number of amides is 2. The zero-order valence-corrected chi connectivity index (χ0v) is 15.9. The summed E-state index contributed by atoms with van der Waals surface area (Å²) in [7, 11) is 0. The molecule has 2 aromatic heterocycles. The smallest absolute Gasteiger partial charge is 0.323 e. The standard InChI is InChI=1S/C18H17Cl2N5O2/c19-14-4-3-12(10-15(14)20)11-24-6-8-25(9-7-24)18(26)22-16-13-2-1-5-21-17(13)27-23-16/h1-5,10H,6-9,11H2,(H,22,23,26). The van der Waals surface area contributed by atoms with Crippen LogP contribution in [0.2, 0.25) is 10.0 Å². The second kappa shape index (κ2) is 7.72. The van der Waals surface area contributed by atoms with Gasteiger partial charge in [-0.2, -0.15) is 0 Å². The van der Waals surface area contributed by atoms with Gasteiger partial charge < -0.3 is 9.42 Å². The Kier molecular flexibility index (Phi) is 5.15. The van der Waals surface area contributed by atoms with Crippen molar-refractivity contribution < 1.29 is 9.32 Å². The van der Waals surface area contributed by atoms with Crippen molar-refractivity contribution in [2.75, 3.05) is 31.5 Å². The Bertz CT molecular complexity index is 969. The van der Waals surface area contributed by atoms with Gasteiger partial charge in [0, 0.05) is 38.9 Å². The van der Waals surface area contributed by atoms with E-state index in [-0.39, 0.29) is 6.03 Å². The third-order valence-electron chi connectivity index (χ3n) is 4.52. The van der Waals surface area contributed by atoms with Crippen molar-refractivity contribution in [2.24, 2.45) is 0 Å². The van der Waals surface area contributed by atoms with Gasteiger partial charge in [-0.25, -0.2) is 9.78 Å². The van der Waals surface area contributed by atoms with E-state index in [0.717, 1.165) is 25.2 Å². The Morgan fingerprint density at radius 2 is 1.96 bits per heavy atom. The number of carbonyl (C=O) groups is 1. The lowest BCUT2D eigenvalue weighted by atomic mass is 10.2. The fraction of sp³-hybridized carbons (Fsp3) is 0.278. The first-order valence-electron chi connectivity index (χ1n) is 8.53. The van der Waals surface area contributed by atoms with E-state index in [9.17, 15) is 4.79 Å². The molecule has 0 spiro atoms. The van der Waals surface area contributed by atoms with Crippen molar-refractivity contribution in [2.45, 2.75) is 6.54 Å². The predicted octanol–water partition coefficient (Wildman–Crippen LogP) is 3.88. The largest absolute Gasteiger partial charge is 0.334 e. The van der Waals surface area contributed by atoms with Gasteiger partial charge in [-0.1, -0.05) is 34.4 Å². The molecule has 7 nitrogen and oxygen atoms in total. The van der Waals surface area contributed by atoms with Crippen molar-refractivity contribution in [3.8, 4) is 0 Å². The fourth-order valence-electron chi connectivity index (χ4n) is 3.06. The zero-order chi connectivity index (χ0) is 18.8. The summed E-state index contributed by atoms with van der Waals surface area (Å²) in [5, 5.41) is 8.49. The predicted molar refractivity (Wildman–Crippen MR) is 104 cm³/mol. The topological polar surface area (TPSA) is 74.5 Å². The first-order chi connectivity index (χ1) is 13.1. The maximum Gasteiger partial charge on any atom is 0.323 e. The highest BCUT2D eigenvalue weighted by Gasteiger charge is 2.23. The van der Waals surface area contributed by atoms with Gasteiger partial charge in [0.2, 0.25) is 0 Å². The number of piperazine rings is 1. The quantitative estimate of drug-likeness (QED) is 0.715. The number of carbonyl (C=O) groups excluding carboxylic acids is 1. The molecular formula is C18H17Cl2N5O2. The third-order valence-corrected chi connectivity index (χ3v) is 5.26. The average molecular weight is 406 g/mol. The molecule has 0 saturated carbocycles. The minimum Gasteiger partial charge on any atom is -0.334 e. The molecule has 27 heavy (non-hydrogen) atoms. The maximum atomic E-state index is 12.5. The van der Waals surface area contributed by atoms with E-state index < -0.39 is 0 Å². The number of benzene rings is 1. The Morgan fingerprint density at radius 1 is 1.15 bits per heavy atom. The summed E-state index contributed by atoms with van der Waals surface area (Å²) < 4.78 is 5.12. The number of hydrogen-bond donors (Lipinski definition) is 1. The average Bonchev–Trinajstić information content (AvgIpc) is 3.08. The van der Waals surface area contributed by atoms with Gasteiger partial charge >= 0.3 is 6.03 Å². The molecule has 140 valence electrons. The van der Waals surface area contributed by atoms with Crippen molar-refractivity contribution in [1.82, 2.24) is 19.9 Å². The SMILES string of the molecule is O=C(Nc1noc2ncccc12)N1CCN(Cc2ccc(Cl)c(Cl)c2)CC1. The fourth-order valence-corrected chi connectivity index (χ4v) is 3.38. The number of hydrogen-bond acceptors (Lipinski definition) is 5. The molecule has 0 aliphatic carbocycles. The van der Waals surface area contributed by atoms with Crippen LogP contribution in [0.4, 0.5) is 10.6 Å². The van der Waals surface area contributed by atoms with Crippen LogP contribution in [0.15, 0.2) is 41.1 Å². The molecule has 1 aromatic carbocycles. The molecule has 3 heterocycles. The lowest BCUT2D eigenvalue weighted by Crippen LogP contribution is -2.49. The van der Waals surface area contributed by atoms with Gasteiger partial charge in [-0.15, -0.1) is 0 Å². The minimum absolute atomic E-state index is 0.191. The van der Waals surface area contributed by atoms with E-state index in [1.54, 1.807) is 23.2 Å². The van der Waals surface area contributed by atoms with Crippen LogP contribution in [0, 0.1) is 0 Å². The number of nitrogens with zero attached hydrogens (tertiary/aromatic N) is 4. The van der Waals surface area contributed by atoms with Crippen LogP contribution in [0.5, 0.6) is 0 Å². The van der Waals surface area contributed by atoms with Gasteiger partial charge in [0.25, 0.3) is 5.71 Å². The highest BCUT2D eigenvalue weighted by molar-refractivity contribution is 6.42. The summed E-state index contributed by atoms with van der Waals surface area (Å²) in [6, 6.07) is 9.05. The van der Waals surface area contributed by atoms with E-state index in [0.29, 0.717) is 40.1 Å². The summed E-state index contributed by atoms with van der Waals surface area (Å²) in [6.07, 6.45) is 1.62. The van der Waals surface area contributed by atoms with Crippen molar-refractivity contribution in [3.63, 3.8) is 0 Å². The number of halogens is 2. The van der Waals surface area contributed by atoms with Crippen LogP contribution >= 0.6 is 23.2 Å². The maximum absolute atomic E-state index is 12.5. The van der Waals surface area contributed by atoms with Crippen LogP contribution in [0.3, 0.4) is 0 Å². The molecule has 1 aliphatic heterocycles. The Hall–Kier alpha value is -2.35. The monoisotopic (exact) mass is 405 g/mol. The second-order valence-electron chi connectivity index (χ2n) is 6.33. The molecule has 9 heteroatoms. The number of aromatic nitrogens is 2. The van der Waals surface area contributed by atoms with E-state index in [4.69, 9.17) is 27.7 Å². The molecule has 3 aromatic rings. The van der Waals surface area contributed by atoms with Gasteiger partial charge in [0.05, 0.1) is 15.4 Å². The number of fused-ring (bicyclic) bond motifs is 1. The lowest BCUT2D eigenvalue weighted by molar-refractivity contribution is 0.143. The number of nitrogens with one attached hydrogen (secondary N) is 1. The number of rotatable bonds is 3. The highest BCUT2D eigenvalue weighted by Crippen LogP contribution is 2.24. The Labute approximate surface area is 165 Å². The minimum atomic E-state index is -0.191. The van der Waals surface area contributed by atoms with Crippen LogP contribution in [-0.2, 0) is 6.54 Å². The van der Waals surface area contributed by atoms with Gasteiger partial charge in [0.15, 0.2) is 5.82 Å². The Balaban J connectivity index is 1.33. The molecule has 2 amide bonds. The summed E-state index contributed by atoms with van der Waals surface area (Å²) in [5.74, 6) is 0.390. The molecule has 1 aliphatic rings.